The first-order valence-corrected chi connectivity index (χ1v) is 9.87. The van der Waals surface area contributed by atoms with Gasteiger partial charge in [0.05, 0.1) is 17.4 Å². The van der Waals surface area contributed by atoms with E-state index in [0.717, 1.165) is 12.8 Å². The minimum absolute atomic E-state index is 0.142. The zero-order valence-corrected chi connectivity index (χ0v) is 16.0. The number of carbonyl (C=O) groups excluding carboxylic acids is 3. The second kappa shape index (κ2) is 8.81. The molecule has 0 saturated carbocycles. The summed E-state index contributed by atoms with van der Waals surface area (Å²) in [6.45, 7) is 3.10. The highest BCUT2D eigenvalue weighted by Crippen LogP contribution is 2.21. The molecule has 6 nitrogen and oxygen atoms in total. The van der Waals surface area contributed by atoms with Gasteiger partial charge in [0.15, 0.2) is 0 Å². The number of hydrogen-bond donors (Lipinski definition) is 1. The number of thiophene rings is 1. The van der Waals surface area contributed by atoms with Gasteiger partial charge < -0.3 is 15.0 Å². The van der Waals surface area contributed by atoms with E-state index in [1.54, 1.807) is 42.2 Å². The molecule has 1 aromatic carbocycles. The van der Waals surface area contributed by atoms with Gasteiger partial charge in [0.25, 0.3) is 11.8 Å². The van der Waals surface area contributed by atoms with Crippen molar-refractivity contribution in [1.29, 1.82) is 0 Å². The van der Waals surface area contributed by atoms with Gasteiger partial charge in [0.2, 0.25) is 0 Å². The number of amides is 2. The molecular weight excluding hydrogens is 364 g/mol. The third kappa shape index (κ3) is 4.74. The maximum absolute atomic E-state index is 12.9. The fraction of sp³-hybridized carbons (Fsp3) is 0.350. The molecule has 1 unspecified atom stereocenters. The number of carbonyl (C=O) groups is 3. The van der Waals surface area contributed by atoms with Gasteiger partial charge in [-0.25, -0.2) is 0 Å². The normalized spacial score (nSPS) is 16.6. The van der Waals surface area contributed by atoms with Gasteiger partial charge in [0, 0.05) is 24.3 Å². The van der Waals surface area contributed by atoms with Crippen molar-refractivity contribution in [1.82, 2.24) is 4.90 Å². The second-order valence-electron chi connectivity index (χ2n) is 6.35. The van der Waals surface area contributed by atoms with Gasteiger partial charge in [-0.1, -0.05) is 12.1 Å². The number of benzene rings is 1. The lowest BCUT2D eigenvalue weighted by Gasteiger charge is -2.31. The molecule has 1 atom stereocenters. The zero-order valence-electron chi connectivity index (χ0n) is 15.1. The molecule has 2 heterocycles. The monoisotopic (exact) mass is 386 g/mol. The van der Waals surface area contributed by atoms with Crippen molar-refractivity contribution in [2.75, 3.05) is 25.0 Å². The average molecular weight is 386 g/mol. The van der Waals surface area contributed by atoms with Crippen molar-refractivity contribution in [2.24, 2.45) is 5.92 Å². The van der Waals surface area contributed by atoms with Crippen LogP contribution in [0.4, 0.5) is 5.69 Å². The van der Waals surface area contributed by atoms with Crippen molar-refractivity contribution in [3.05, 3.63) is 52.2 Å². The predicted octanol–water partition coefficient (Wildman–Crippen LogP) is 3.42. The third-order valence-corrected chi connectivity index (χ3v) is 5.31. The standard InChI is InChI=1S/C20H22N2O4S/c1-2-26-20(25)15-7-4-10-22(13-15)19(24)14-6-3-8-16(12-14)21-18(23)17-9-5-11-27-17/h3,5-6,8-9,11-12,15H,2,4,7,10,13H2,1H3,(H,21,23). The van der Waals surface area contributed by atoms with Gasteiger partial charge in [-0.3, -0.25) is 14.4 Å². The maximum atomic E-state index is 12.9. The molecule has 27 heavy (non-hydrogen) atoms. The summed E-state index contributed by atoms with van der Waals surface area (Å²) in [6, 6.07) is 10.4. The predicted molar refractivity (Wildman–Crippen MR) is 104 cm³/mol. The van der Waals surface area contributed by atoms with Crippen LogP contribution in [0.25, 0.3) is 0 Å². The Bertz CT molecular complexity index is 819. The summed E-state index contributed by atoms with van der Waals surface area (Å²) in [5.74, 6) is -0.859. The van der Waals surface area contributed by atoms with Crippen LogP contribution in [0.1, 0.15) is 39.8 Å². The van der Waals surface area contributed by atoms with Crippen LogP contribution in [0.3, 0.4) is 0 Å². The largest absolute Gasteiger partial charge is 0.466 e. The molecule has 0 spiro atoms. The van der Waals surface area contributed by atoms with Gasteiger partial charge in [0.1, 0.15) is 0 Å². The fourth-order valence-corrected chi connectivity index (χ4v) is 3.75. The first kappa shape index (κ1) is 19.1. The number of anilines is 1. The van der Waals surface area contributed by atoms with Crippen LogP contribution in [-0.4, -0.2) is 42.4 Å². The summed E-state index contributed by atoms with van der Waals surface area (Å²) in [7, 11) is 0. The minimum Gasteiger partial charge on any atom is -0.466 e. The van der Waals surface area contributed by atoms with Crippen molar-refractivity contribution in [3.8, 4) is 0 Å². The molecule has 0 radical (unpaired) electrons. The van der Waals surface area contributed by atoms with E-state index in [2.05, 4.69) is 5.32 Å². The Morgan fingerprint density at radius 1 is 1.26 bits per heavy atom. The first-order valence-electron chi connectivity index (χ1n) is 8.99. The Hall–Kier alpha value is -2.67. The van der Waals surface area contributed by atoms with E-state index >= 15 is 0 Å². The molecule has 2 aromatic rings. The van der Waals surface area contributed by atoms with Crippen LogP contribution < -0.4 is 5.32 Å². The van der Waals surface area contributed by atoms with E-state index in [0.29, 0.717) is 35.8 Å². The molecule has 2 amide bonds. The summed E-state index contributed by atoms with van der Waals surface area (Å²) in [5.41, 5.74) is 1.06. The number of nitrogens with one attached hydrogen (secondary N) is 1. The molecule has 1 fully saturated rings. The summed E-state index contributed by atoms with van der Waals surface area (Å²) in [6.07, 6.45) is 1.50. The van der Waals surface area contributed by atoms with Crippen molar-refractivity contribution in [2.45, 2.75) is 19.8 Å². The van der Waals surface area contributed by atoms with Crippen LogP contribution in [0, 0.1) is 5.92 Å². The number of esters is 1. The van der Waals surface area contributed by atoms with Gasteiger partial charge in [-0.15, -0.1) is 11.3 Å². The first-order chi connectivity index (χ1) is 13.1. The highest BCUT2D eigenvalue weighted by Gasteiger charge is 2.29. The molecule has 142 valence electrons. The highest BCUT2D eigenvalue weighted by molar-refractivity contribution is 7.12. The second-order valence-corrected chi connectivity index (χ2v) is 7.30. The number of ether oxygens (including phenoxy) is 1. The van der Waals surface area contributed by atoms with E-state index in [-0.39, 0.29) is 23.7 Å². The number of nitrogens with zero attached hydrogens (tertiary/aromatic N) is 1. The van der Waals surface area contributed by atoms with Crippen LogP contribution >= 0.6 is 11.3 Å². The molecule has 1 N–H and O–H groups in total. The van der Waals surface area contributed by atoms with Crippen molar-refractivity contribution < 1.29 is 19.1 Å². The van der Waals surface area contributed by atoms with Crippen molar-refractivity contribution in [3.63, 3.8) is 0 Å². The van der Waals surface area contributed by atoms with Crippen LogP contribution in [-0.2, 0) is 9.53 Å². The number of piperidine rings is 1. The van der Waals surface area contributed by atoms with Gasteiger partial charge in [-0.05, 0) is 49.4 Å². The van der Waals surface area contributed by atoms with E-state index in [9.17, 15) is 14.4 Å². The topological polar surface area (TPSA) is 75.7 Å². The lowest BCUT2D eigenvalue weighted by Crippen LogP contribution is -2.42. The Morgan fingerprint density at radius 3 is 2.85 bits per heavy atom. The molecule has 0 aliphatic carbocycles. The Balaban J connectivity index is 1.68. The van der Waals surface area contributed by atoms with E-state index < -0.39 is 0 Å². The van der Waals surface area contributed by atoms with Crippen LogP contribution in [0.5, 0.6) is 0 Å². The third-order valence-electron chi connectivity index (χ3n) is 4.44. The Labute approximate surface area is 162 Å². The zero-order chi connectivity index (χ0) is 19.2. The molecule has 7 heteroatoms. The molecular formula is C20H22N2O4S. The number of rotatable bonds is 5. The van der Waals surface area contributed by atoms with E-state index in [4.69, 9.17) is 4.74 Å². The molecule has 1 saturated heterocycles. The van der Waals surface area contributed by atoms with E-state index in [1.165, 1.54) is 11.3 Å². The quantitative estimate of drug-likeness (QED) is 0.799. The van der Waals surface area contributed by atoms with Crippen molar-refractivity contribution >= 4 is 34.8 Å². The molecule has 1 aliphatic rings. The SMILES string of the molecule is CCOC(=O)C1CCCN(C(=O)c2cccc(NC(=O)c3cccs3)c2)C1. The van der Waals surface area contributed by atoms with Gasteiger partial charge in [-0.2, -0.15) is 0 Å². The van der Waals surface area contributed by atoms with Crippen LogP contribution in [0.15, 0.2) is 41.8 Å². The van der Waals surface area contributed by atoms with Crippen LogP contribution in [0.2, 0.25) is 0 Å². The lowest BCUT2D eigenvalue weighted by atomic mass is 9.97. The number of hydrogen-bond acceptors (Lipinski definition) is 5. The molecule has 1 aliphatic heterocycles. The minimum atomic E-state index is -0.274. The highest BCUT2D eigenvalue weighted by atomic mass is 32.1. The molecule has 0 bridgehead atoms. The Kier molecular flexibility index (Phi) is 6.24. The molecule has 1 aromatic heterocycles. The maximum Gasteiger partial charge on any atom is 0.310 e. The van der Waals surface area contributed by atoms with Gasteiger partial charge >= 0.3 is 5.97 Å². The summed E-state index contributed by atoms with van der Waals surface area (Å²) in [5, 5.41) is 4.65. The average Bonchev–Trinajstić information content (AvgIpc) is 3.23. The smallest absolute Gasteiger partial charge is 0.310 e. The molecule has 3 rings (SSSR count). The fourth-order valence-electron chi connectivity index (χ4n) is 3.13. The summed E-state index contributed by atoms with van der Waals surface area (Å²) in [4.78, 5) is 39.3. The number of likely N-dealkylation sites (tertiary alicyclic amines) is 1. The Morgan fingerprint density at radius 2 is 2.11 bits per heavy atom. The summed E-state index contributed by atoms with van der Waals surface area (Å²) < 4.78 is 5.09. The van der Waals surface area contributed by atoms with E-state index in [1.807, 2.05) is 11.4 Å². The lowest BCUT2D eigenvalue weighted by molar-refractivity contribution is -0.149. The summed E-state index contributed by atoms with van der Waals surface area (Å²) >= 11 is 1.36.